The number of rotatable bonds is 3. The lowest BCUT2D eigenvalue weighted by Gasteiger charge is -2.05. The summed E-state index contributed by atoms with van der Waals surface area (Å²) in [6.07, 6.45) is 0.930. The van der Waals surface area contributed by atoms with Gasteiger partial charge in [-0.2, -0.15) is 0 Å². The minimum absolute atomic E-state index is 0.130. The first-order valence-corrected chi connectivity index (χ1v) is 6.71. The first-order valence-electron chi connectivity index (χ1n) is 6.71. The van der Waals surface area contributed by atoms with Crippen LogP contribution in [-0.4, -0.2) is 16.9 Å². The summed E-state index contributed by atoms with van der Waals surface area (Å²) in [6, 6.07) is 13.5. The smallest absolute Gasteiger partial charge is 0.260 e. The van der Waals surface area contributed by atoms with Crippen molar-refractivity contribution in [2.75, 3.05) is 0 Å². The second-order valence-electron chi connectivity index (χ2n) is 5.22. The van der Waals surface area contributed by atoms with E-state index in [1.165, 1.54) is 5.56 Å². The van der Waals surface area contributed by atoms with Gasteiger partial charge in [0, 0.05) is 17.7 Å². The third-order valence-electron chi connectivity index (χ3n) is 3.63. The molecule has 0 saturated heterocycles. The molecule has 1 aliphatic carbocycles. The monoisotopic (exact) mass is 268 g/mol. The van der Waals surface area contributed by atoms with Gasteiger partial charge in [-0.15, -0.1) is 0 Å². The molecule has 2 atom stereocenters. The molecule has 1 aromatic heterocycles. The highest BCUT2D eigenvalue weighted by atomic mass is 16.2. The van der Waals surface area contributed by atoms with Crippen LogP contribution in [0.4, 0.5) is 0 Å². The standard InChI is InChI=1S/C16H16N2O2/c1-10-7-8-12(15(19)17-10)16(20)18-14-9-13(14)11-5-3-2-4-6-11/h2-8,13-14H,9H2,1H3,(H,17,19)(H,18,20)/t13-,14+/m1/s1. The molecule has 1 aromatic carbocycles. The van der Waals surface area contributed by atoms with E-state index in [2.05, 4.69) is 22.4 Å². The van der Waals surface area contributed by atoms with Crippen LogP contribution in [0, 0.1) is 6.92 Å². The number of carbonyl (C=O) groups is 1. The van der Waals surface area contributed by atoms with Crippen molar-refractivity contribution in [1.29, 1.82) is 0 Å². The molecule has 4 heteroatoms. The number of benzene rings is 1. The van der Waals surface area contributed by atoms with Crippen molar-refractivity contribution in [2.45, 2.75) is 25.3 Å². The molecule has 20 heavy (non-hydrogen) atoms. The highest BCUT2D eigenvalue weighted by molar-refractivity contribution is 5.94. The molecule has 0 unspecified atom stereocenters. The van der Waals surface area contributed by atoms with Gasteiger partial charge in [0.2, 0.25) is 0 Å². The van der Waals surface area contributed by atoms with Crippen LogP contribution in [-0.2, 0) is 0 Å². The maximum Gasteiger partial charge on any atom is 0.260 e. The molecule has 1 amide bonds. The third-order valence-corrected chi connectivity index (χ3v) is 3.63. The Hall–Kier alpha value is -2.36. The Balaban J connectivity index is 1.68. The number of hydrogen-bond donors (Lipinski definition) is 2. The number of aryl methyl sites for hydroxylation is 1. The Bertz CT molecular complexity index is 691. The van der Waals surface area contributed by atoms with Crippen molar-refractivity contribution < 1.29 is 4.79 Å². The quantitative estimate of drug-likeness (QED) is 0.894. The number of carbonyl (C=O) groups excluding carboxylic acids is 1. The molecular formula is C16H16N2O2. The average molecular weight is 268 g/mol. The van der Waals surface area contributed by atoms with Gasteiger partial charge in [-0.3, -0.25) is 9.59 Å². The molecular weight excluding hydrogens is 252 g/mol. The van der Waals surface area contributed by atoms with E-state index >= 15 is 0 Å². The van der Waals surface area contributed by atoms with Crippen LogP contribution in [0.25, 0.3) is 0 Å². The third kappa shape index (κ3) is 2.50. The summed E-state index contributed by atoms with van der Waals surface area (Å²) in [6.45, 7) is 1.79. The van der Waals surface area contributed by atoms with E-state index in [0.29, 0.717) is 5.92 Å². The highest BCUT2D eigenvalue weighted by Gasteiger charge is 2.39. The second-order valence-corrected chi connectivity index (χ2v) is 5.22. The van der Waals surface area contributed by atoms with E-state index in [4.69, 9.17) is 0 Å². The van der Waals surface area contributed by atoms with Crippen LogP contribution < -0.4 is 10.9 Å². The fraction of sp³-hybridized carbons (Fsp3) is 0.250. The van der Waals surface area contributed by atoms with E-state index in [1.54, 1.807) is 19.1 Å². The predicted molar refractivity (Wildman–Crippen MR) is 76.9 cm³/mol. The van der Waals surface area contributed by atoms with Crippen molar-refractivity contribution in [3.05, 3.63) is 69.6 Å². The molecule has 102 valence electrons. The van der Waals surface area contributed by atoms with E-state index in [0.717, 1.165) is 12.1 Å². The Morgan fingerprint density at radius 1 is 1.20 bits per heavy atom. The summed E-state index contributed by atoms with van der Waals surface area (Å²) in [7, 11) is 0. The van der Waals surface area contributed by atoms with Crippen LogP contribution in [0.5, 0.6) is 0 Å². The first-order chi connectivity index (χ1) is 9.65. The number of nitrogens with one attached hydrogen (secondary N) is 2. The SMILES string of the molecule is Cc1ccc(C(=O)N[C@H]2C[C@@H]2c2ccccc2)c(=O)[nH]1. The number of aromatic amines is 1. The lowest BCUT2D eigenvalue weighted by Crippen LogP contribution is -2.31. The van der Waals surface area contributed by atoms with Gasteiger partial charge in [0.25, 0.3) is 11.5 Å². The molecule has 1 saturated carbocycles. The molecule has 1 aliphatic rings. The Labute approximate surface area is 116 Å². The van der Waals surface area contributed by atoms with Gasteiger partial charge in [-0.1, -0.05) is 30.3 Å². The summed E-state index contributed by atoms with van der Waals surface area (Å²) in [4.78, 5) is 26.4. The predicted octanol–water partition coefficient (Wildman–Crippen LogP) is 1.97. The highest BCUT2D eigenvalue weighted by Crippen LogP contribution is 2.40. The summed E-state index contributed by atoms with van der Waals surface area (Å²) in [5.74, 6) is 0.0689. The minimum Gasteiger partial charge on any atom is -0.348 e. The van der Waals surface area contributed by atoms with E-state index in [-0.39, 0.29) is 23.1 Å². The Morgan fingerprint density at radius 3 is 2.65 bits per heavy atom. The van der Waals surface area contributed by atoms with Crippen LogP contribution in [0.2, 0.25) is 0 Å². The van der Waals surface area contributed by atoms with Gasteiger partial charge in [0.15, 0.2) is 0 Å². The molecule has 0 bridgehead atoms. The summed E-state index contributed by atoms with van der Waals surface area (Å²) < 4.78 is 0. The molecule has 3 rings (SSSR count). The largest absolute Gasteiger partial charge is 0.348 e. The van der Waals surface area contributed by atoms with Crippen LogP contribution >= 0.6 is 0 Å². The topological polar surface area (TPSA) is 62.0 Å². The van der Waals surface area contributed by atoms with Crippen LogP contribution in [0.15, 0.2) is 47.3 Å². The van der Waals surface area contributed by atoms with Crippen LogP contribution in [0.1, 0.15) is 34.0 Å². The fourth-order valence-electron chi connectivity index (χ4n) is 2.42. The van der Waals surface area contributed by atoms with Crippen molar-refractivity contribution >= 4 is 5.91 Å². The zero-order chi connectivity index (χ0) is 14.1. The first kappa shape index (κ1) is 12.7. The van der Waals surface area contributed by atoms with Gasteiger partial charge in [-0.25, -0.2) is 0 Å². The van der Waals surface area contributed by atoms with Crippen molar-refractivity contribution in [1.82, 2.24) is 10.3 Å². The number of amides is 1. The van der Waals surface area contributed by atoms with Crippen molar-refractivity contribution in [2.24, 2.45) is 0 Å². The van der Waals surface area contributed by atoms with Crippen LogP contribution in [0.3, 0.4) is 0 Å². The lowest BCUT2D eigenvalue weighted by molar-refractivity contribution is 0.0949. The van der Waals surface area contributed by atoms with Gasteiger partial charge in [0.1, 0.15) is 5.56 Å². The summed E-state index contributed by atoms with van der Waals surface area (Å²) in [5.41, 5.74) is 1.82. The Morgan fingerprint density at radius 2 is 1.95 bits per heavy atom. The Kier molecular flexibility index (Phi) is 3.14. The van der Waals surface area contributed by atoms with Crippen molar-refractivity contribution in [3.8, 4) is 0 Å². The molecule has 4 nitrogen and oxygen atoms in total. The molecule has 1 heterocycles. The summed E-state index contributed by atoms with van der Waals surface area (Å²) >= 11 is 0. The molecule has 1 fully saturated rings. The van der Waals surface area contributed by atoms with E-state index in [9.17, 15) is 9.59 Å². The summed E-state index contributed by atoms with van der Waals surface area (Å²) in [5, 5.41) is 2.92. The van der Waals surface area contributed by atoms with E-state index < -0.39 is 0 Å². The zero-order valence-corrected chi connectivity index (χ0v) is 11.2. The normalized spacial score (nSPS) is 20.4. The maximum absolute atomic E-state index is 12.1. The molecule has 0 radical (unpaired) electrons. The molecule has 0 spiro atoms. The molecule has 2 N–H and O–H groups in total. The molecule has 0 aliphatic heterocycles. The number of aromatic nitrogens is 1. The van der Waals surface area contributed by atoms with Gasteiger partial charge in [-0.05, 0) is 31.0 Å². The van der Waals surface area contributed by atoms with Gasteiger partial charge in [0.05, 0.1) is 0 Å². The number of pyridine rings is 1. The van der Waals surface area contributed by atoms with Crippen molar-refractivity contribution in [3.63, 3.8) is 0 Å². The average Bonchev–Trinajstić information content (AvgIpc) is 3.18. The number of H-pyrrole nitrogens is 1. The fourth-order valence-corrected chi connectivity index (χ4v) is 2.42. The van der Waals surface area contributed by atoms with E-state index in [1.807, 2.05) is 18.2 Å². The zero-order valence-electron chi connectivity index (χ0n) is 11.2. The van der Waals surface area contributed by atoms with Gasteiger partial charge >= 0.3 is 0 Å². The maximum atomic E-state index is 12.1. The minimum atomic E-state index is -0.334. The lowest BCUT2D eigenvalue weighted by atomic mass is 10.1. The number of hydrogen-bond acceptors (Lipinski definition) is 2. The molecule has 2 aromatic rings. The van der Waals surface area contributed by atoms with Gasteiger partial charge < -0.3 is 10.3 Å². The second kappa shape index (κ2) is 4.96.